The van der Waals surface area contributed by atoms with E-state index in [1.165, 1.54) is 30.5 Å². The van der Waals surface area contributed by atoms with Crippen LogP contribution in [0.1, 0.15) is 36.9 Å². The normalized spacial score (nSPS) is 13.0. The molecule has 2 heteroatoms. The average molecular weight is 234 g/mol. The Balaban J connectivity index is 2.59. The smallest absolute Gasteiger partial charge is 0.0446 e. The highest BCUT2D eigenvalue weighted by molar-refractivity contribution is 5.25. The van der Waals surface area contributed by atoms with Gasteiger partial charge in [0, 0.05) is 12.6 Å². The second kappa shape index (κ2) is 7.46. The molecule has 0 saturated heterocycles. The number of benzene rings is 1. The lowest BCUT2D eigenvalue weighted by molar-refractivity contribution is 0.292. The van der Waals surface area contributed by atoms with Gasteiger partial charge in [-0.3, -0.25) is 0 Å². The van der Waals surface area contributed by atoms with Crippen molar-refractivity contribution in [3.05, 3.63) is 35.4 Å². The third-order valence-corrected chi connectivity index (χ3v) is 3.18. The zero-order chi connectivity index (χ0) is 12.7. The second-order valence-corrected chi connectivity index (χ2v) is 4.87. The molecule has 0 amide bonds. The molecular weight excluding hydrogens is 208 g/mol. The molecule has 1 unspecified atom stereocenters. The van der Waals surface area contributed by atoms with Crippen LogP contribution in [0.2, 0.25) is 0 Å². The fourth-order valence-corrected chi connectivity index (χ4v) is 2.08. The number of nitrogens with one attached hydrogen (secondary N) is 1. The van der Waals surface area contributed by atoms with Gasteiger partial charge in [0.25, 0.3) is 0 Å². The standard InChI is InChI=1S/C15H26N2/c1-5-6-10-17(4)12-15(16-3)14-9-7-8-13(2)11-14/h7-9,11,15-16H,5-6,10,12H2,1-4H3. The molecule has 0 aliphatic heterocycles. The summed E-state index contributed by atoms with van der Waals surface area (Å²) in [6.07, 6.45) is 2.54. The summed E-state index contributed by atoms with van der Waals surface area (Å²) in [7, 11) is 4.25. The summed E-state index contributed by atoms with van der Waals surface area (Å²) in [5.41, 5.74) is 2.72. The van der Waals surface area contributed by atoms with E-state index in [9.17, 15) is 0 Å². The van der Waals surface area contributed by atoms with Crippen LogP contribution in [0.4, 0.5) is 0 Å². The van der Waals surface area contributed by atoms with Crippen LogP contribution in [-0.4, -0.2) is 32.1 Å². The number of nitrogens with zero attached hydrogens (tertiary/aromatic N) is 1. The summed E-state index contributed by atoms with van der Waals surface area (Å²) in [4.78, 5) is 2.41. The average Bonchev–Trinajstić information content (AvgIpc) is 2.33. The van der Waals surface area contributed by atoms with Crippen molar-refractivity contribution in [1.29, 1.82) is 0 Å². The quantitative estimate of drug-likeness (QED) is 0.780. The van der Waals surface area contributed by atoms with Crippen molar-refractivity contribution in [2.75, 3.05) is 27.2 Å². The van der Waals surface area contributed by atoms with Crippen molar-refractivity contribution in [2.24, 2.45) is 0 Å². The molecule has 96 valence electrons. The molecule has 1 aromatic rings. The Morgan fingerprint density at radius 3 is 2.71 bits per heavy atom. The Hall–Kier alpha value is -0.860. The lowest BCUT2D eigenvalue weighted by Gasteiger charge is -2.24. The molecule has 0 aromatic heterocycles. The number of hydrogen-bond donors (Lipinski definition) is 1. The van der Waals surface area contributed by atoms with E-state index in [0.717, 1.165) is 6.54 Å². The third-order valence-electron chi connectivity index (χ3n) is 3.18. The van der Waals surface area contributed by atoms with Gasteiger partial charge in [-0.05, 0) is 39.5 Å². The van der Waals surface area contributed by atoms with Crippen molar-refractivity contribution < 1.29 is 0 Å². The van der Waals surface area contributed by atoms with Crippen LogP contribution in [0.25, 0.3) is 0 Å². The number of aryl methyl sites for hydroxylation is 1. The van der Waals surface area contributed by atoms with Crippen LogP contribution in [0.15, 0.2) is 24.3 Å². The van der Waals surface area contributed by atoms with Crippen LogP contribution in [0, 0.1) is 6.92 Å². The molecule has 0 heterocycles. The molecule has 1 N–H and O–H groups in total. The topological polar surface area (TPSA) is 15.3 Å². The van der Waals surface area contributed by atoms with Crippen LogP contribution in [0.5, 0.6) is 0 Å². The van der Waals surface area contributed by atoms with Crippen molar-refractivity contribution in [1.82, 2.24) is 10.2 Å². The van der Waals surface area contributed by atoms with Gasteiger partial charge < -0.3 is 10.2 Å². The molecule has 0 aliphatic rings. The summed E-state index contributed by atoms with van der Waals surface area (Å²) in [6.45, 7) is 6.64. The zero-order valence-electron chi connectivity index (χ0n) is 11.7. The Bertz CT molecular complexity index is 322. The molecule has 1 rings (SSSR count). The van der Waals surface area contributed by atoms with Crippen LogP contribution in [0.3, 0.4) is 0 Å². The van der Waals surface area contributed by atoms with E-state index in [1.54, 1.807) is 0 Å². The molecule has 0 aliphatic carbocycles. The Morgan fingerprint density at radius 2 is 2.12 bits per heavy atom. The second-order valence-electron chi connectivity index (χ2n) is 4.87. The first-order chi connectivity index (χ1) is 8.17. The van der Waals surface area contributed by atoms with Gasteiger partial charge in [0.15, 0.2) is 0 Å². The maximum atomic E-state index is 3.41. The van der Waals surface area contributed by atoms with Crippen LogP contribution < -0.4 is 5.32 Å². The molecule has 0 spiro atoms. The zero-order valence-corrected chi connectivity index (χ0v) is 11.7. The number of hydrogen-bond acceptors (Lipinski definition) is 2. The lowest BCUT2D eigenvalue weighted by Crippen LogP contribution is -2.31. The fourth-order valence-electron chi connectivity index (χ4n) is 2.08. The van der Waals surface area contributed by atoms with E-state index >= 15 is 0 Å². The SMILES string of the molecule is CCCCN(C)CC(NC)c1cccc(C)c1. The number of likely N-dealkylation sites (N-methyl/N-ethyl adjacent to an activating group) is 2. The van der Waals surface area contributed by atoms with E-state index in [2.05, 4.69) is 55.4 Å². The van der Waals surface area contributed by atoms with Gasteiger partial charge in [0.2, 0.25) is 0 Å². The third kappa shape index (κ3) is 4.88. The van der Waals surface area contributed by atoms with Gasteiger partial charge in [0.1, 0.15) is 0 Å². The molecule has 0 saturated carbocycles. The highest BCUT2D eigenvalue weighted by Crippen LogP contribution is 2.15. The van der Waals surface area contributed by atoms with Crippen molar-refractivity contribution in [2.45, 2.75) is 32.7 Å². The van der Waals surface area contributed by atoms with Crippen molar-refractivity contribution in [3.8, 4) is 0 Å². The molecule has 17 heavy (non-hydrogen) atoms. The van der Waals surface area contributed by atoms with E-state index in [1.807, 2.05) is 7.05 Å². The van der Waals surface area contributed by atoms with Crippen LogP contribution in [-0.2, 0) is 0 Å². The van der Waals surface area contributed by atoms with Crippen molar-refractivity contribution >= 4 is 0 Å². The minimum atomic E-state index is 0.428. The monoisotopic (exact) mass is 234 g/mol. The first kappa shape index (κ1) is 14.2. The maximum Gasteiger partial charge on any atom is 0.0446 e. The van der Waals surface area contributed by atoms with Crippen molar-refractivity contribution in [3.63, 3.8) is 0 Å². The largest absolute Gasteiger partial charge is 0.312 e. The molecule has 0 fully saturated rings. The first-order valence-electron chi connectivity index (χ1n) is 6.59. The molecule has 2 nitrogen and oxygen atoms in total. The Morgan fingerprint density at radius 1 is 1.35 bits per heavy atom. The Kier molecular flexibility index (Phi) is 6.23. The van der Waals surface area contributed by atoms with E-state index in [4.69, 9.17) is 0 Å². The lowest BCUT2D eigenvalue weighted by atomic mass is 10.0. The summed E-state index contributed by atoms with van der Waals surface area (Å²) in [5.74, 6) is 0. The van der Waals surface area contributed by atoms with Gasteiger partial charge in [-0.1, -0.05) is 43.2 Å². The molecule has 1 atom stereocenters. The summed E-state index contributed by atoms with van der Waals surface area (Å²) in [6, 6.07) is 9.20. The minimum absolute atomic E-state index is 0.428. The Labute approximate surface area is 106 Å². The van der Waals surface area contributed by atoms with Gasteiger partial charge in [-0.25, -0.2) is 0 Å². The highest BCUT2D eigenvalue weighted by Gasteiger charge is 2.11. The van der Waals surface area contributed by atoms with E-state index in [-0.39, 0.29) is 0 Å². The van der Waals surface area contributed by atoms with Gasteiger partial charge in [0.05, 0.1) is 0 Å². The molecule has 0 bridgehead atoms. The van der Waals surface area contributed by atoms with Gasteiger partial charge >= 0.3 is 0 Å². The predicted octanol–water partition coefficient (Wildman–Crippen LogP) is 2.99. The van der Waals surface area contributed by atoms with Gasteiger partial charge in [-0.15, -0.1) is 0 Å². The summed E-state index contributed by atoms with van der Waals surface area (Å²) >= 11 is 0. The first-order valence-corrected chi connectivity index (χ1v) is 6.59. The molecule has 0 radical (unpaired) electrons. The number of rotatable bonds is 7. The van der Waals surface area contributed by atoms with Crippen LogP contribution >= 0.6 is 0 Å². The van der Waals surface area contributed by atoms with Gasteiger partial charge in [-0.2, -0.15) is 0 Å². The number of unbranched alkanes of at least 4 members (excludes halogenated alkanes) is 1. The predicted molar refractivity (Wildman–Crippen MR) is 75.4 cm³/mol. The maximum absolute atomic E-state index is 3.41. The van der Waals surface area contributed by atoms with E-state index < -0.39 is 0 Å². The highest BCUT2D eigenvalue weighted by atomic mass is 15.1. The molecule has 1 aromatic carbocycles. The summed E-state index contributed by atoms with van der Waals surface area (Å²) < 4.78 is 0. The minimum Gasteiger partial charge on any atom is -0.312 e. The summed E-state index contributed by atoms with van der Waals surface area (Å²) in [5, 5.41) is 3.41. The van der Waals surface area contributed by atoms with E-state index in [0.29, 0.717) is 6.04 Å². The fraction of sp³-hybridized carbons (Fsp3) is 0.600. The molecular formula is C15H26N2.